The molecule has 1 atom stereocenters. The lowest BCUT2D eigenvalue weighted by molar-refractivity contribution is 0.190. The van der Waals surface area contributed by atoms with E-state index in [1.807, 2.05) is 18.7 Å². The van der Waals surface area contributed by atoms with Crippen molar-refractivity contribution in [2.24, 2.45) is 12.5 Å². The summed E-state index contributed by atoms with van der Waals surface area (Å²) < 4.78 is 7.05. The van der Waals surface area contributed by atoms with Crippen molar-refractivity contribution >= 4 is 0 Å². The molecule has 0 aliphatic carbocycles. The number of aromatic nitrogens is 2. The third kappa shape index (κ3) is 4.42. The van der Waals surface area contributed by atoms with E-state index in [1.54, 1.807) is 7.11 Å². The molecule has 0 fully saturated rings. The molecule has 0 saturated heterocycles. The second-order valence-electron chi connectivity index (χ2n) is 5.41. The zero-order chi connectivity index (χ0) is 13.6. The second-order valence-corrected chi connectivity index (χ2v) is 5.41. The minimum absolute atomic E-state index is 0.272. The number of hydrogen-bond donors (Lipinski definition) is 1. The first-order valence-corrected chi connectivity index (χ1v) is 6.70. The van der Waals surface area contributed by atoms with Gasteiger partial charge in [0.25, 0.3) is 0 Å². The highest BCUT2D eigenvalue weighted by atomic mass is 16.5. The highest BCUT2D eigenvalue weighted by Crippen LogP contribution is 2.25. The van der Waals surface area contributed by atoms with Gasteiger partial charge in [-0.2, -0.15) is 5.10 Å². The van der Waals surface area contributed by atoms with E-state index in [4.69, 9.17) is 4.74 Å². The molecule has 0 aromatic carbocycles. The van der Waals surface area contributed by atoms with Gasteiger partial charge in [0.05, 0.1) is 12.3 Å². The SMILES string of the molecule is CCC(C)(CNCCOC)Cc1cc(C)nn1C. The molecule has 1 heterocycles. The minimum atomic E-state index is 0.272. The van der Waals surface area contributed by atoms with Crippen LogP contribution in [0.5, 0.6) is 0 Å². The summed E-state index contributed by atoms with van der Waals surface area (Å²) in [6.45, 7) is 9.32. The summed E-state index contributed by atoms with van der Waals surface area (Å²) in [7, 11) is 3.76. The second kappa shape index (κ2) is 6.90. The van der Waals surface area contributed by atoms with Crippen LogP contribution in [0.1, 0.15) is 31.7 Å². The van der Waals surface area contributed by atoms with Crippen molar-refractivity contribution in [1.29, 1.82) is 0 Å². The van der Waals surface area contributed by atoms with Crippen molar-refractivity contribution in [3.05, 3.63) is 17.5 Å². The van der Waals surface area contributed by atoms with Gasteiger partial charge in [-0.1, -0.05) is 13.8 Å². The van der Waals surface area contributed by atoms with Gasteiger partial charge in [-0.15, -0.1) is 0 Å². The molecular formula is C14H27N3O. The standard InChI is InChI=1S/C14H27N3O/c1-6-14(3,11-15-7-8-18-5)10-13-9-12(2)16-17(13)4/h9,15H,6-8,10-11H2,1-5H3. The van der Waals surface area contributed by atoms with Crippen LogP contribution in [0, 0.1) is 12.3 Å². The van der Waals surface area contributed by atoms with Gasteiger partial charge in [-0.05, 0) is 31.2 Å². The van der Waals surface area contributed by atoms with Crippen LogP contribution in [0.15, 0.2) is 6.07 Å². The maximum Gasteiger partial charge on any atom is 0.0596 e. The fraction of sp³-hybridized carbons (Fsp3) is 0.786. The Balaban J connectivity index is 2.56. The molecule has 0 radical (unpaired) electrons. The monoisotopic (exact) mass is 253 g/mol. The Labute approximate surface area is 111 Å². The van der Waals surface area contributed by atoms with Gasteiger partial charge in [0.15, 0.2) is 0 Å². The Hall–Kier alpha value is -0.870. The van der Waals surface area contributed by atoms with E-state index in [-0.39, 0.29) is 5.41 Å². The van der Waals surface area contributed by atoms with Crippen LogP contribution in [0.3, 0.4) is 0 Å². The predicted octanol–water partition coefficient (Wildman–Crippen LogP) is 1.92. The molecule has 0 aliphatic heterocycles. The molecule has 104 valence electrons. The van der Waals surface area contributed by atoms with Gasteiger partial charge in [-0.25, -0.2) is 0 Å². The molecule has 18 heavy (non-hydrogen) atoms. The smallest absolute Gasteiger partial charge is 0.0596 e. The topological polar surface area (TPSA) is 39.1 Å². The van der Waals surface area contributed by atoms with Crippen LogP contribution in [0.2, 0.25) is 0 Å². The lowest BCUT2D eigenvalue weighted by Gasteiger charge is -2.28. The molecule has 0 saturated carbocycles. The molecule has 1 aromatic rings. The van der Waals surface area contributed by atoms with Crippen LogP contribution in [0.4, 0.5) is 0 Å². The maximum absolute atomic E-state index is 5.05. The zero-order valence-corrected chi connectivity index (χ0v) is 12.4. The van der Waals surface area contributed by atoms with Crippen molar-refractivity contribution in [3.8, 4) is 0 Å². The first-order chi connectivity index (χ1) is 8.50. The summed E-state index contributed by atoms with van der Waals surface area (Å²) in [5, 5.41) is 7.89. The van der Waals surface area contributed by atoms with Crippen molar-refractivity contribution in [2.75, 3.05) is 26.8 Å². The number of nitrogens with one attached hydrogen (secondary N) is 1. The van der Waals surface area contributed by atoms with Gasteiger partial charge in [-0.3, -0.25) is 4.68 Å². The van der Waals surface area contributed by atoms with E-state index >= 15 is 0 Å². The third-order valence-electron chi connectivity index (χ3n) is 3.60. The number of ether oxygens (including phenoxy) is 1. The predicted molar refractivity (Wildman–Crippen MR) is 74.8 cm³/mol. The van der Waals surface area contributed by atoms with Crippen molar-refractivity contribution in [3.63, 3.8) is 0 Å². The summed E-state index contributed by atoms with van der Waals surface area (Å²) >= 11 is 0. The lowest BCUT2D eigenvalue weighted by atomic mass is 9.82. The van der Waals surface area contributed by atoms with Crippen molar-refractivity contribution in [1.82, 2.24) is 15.1 Å². The number of rotatable bonds is 8. The Morgan fingerprint density at radius 1 is 1.50 bits per heavy atom. The lowest BCUT2D eigenvalue weighted by Crippen LogP contribution is -2.35. The van der Waals surface area contributed by atoms with Crippen molar-refractivity contribution < 1.29 is 4.74 Å². The Morgan fingerprint density at radius 3 is 2.72 bits per heavy atom. The van der Waals surface area contributed by atoms with E-state index in [0.29, 0.717) is 0 Å². The number of hydrogen-bond acceptors (Lipinski definition) is 3. The highest BCUT2D eigenvalue weighted by Gasteiger charge is 2.23. The first kappa shape index (κ1) is 15.2. The van der Waals surface area contributed by atoms with Gasteiger partial charge >= 0.3 is 0 Å². The Bertz CT molecular complexity index is 362. The van der Waals surface area contributed by atoms with Crippen LogP contribution < -0.4 is 5.32 Å². The van der Waals surface area contributed by atoms with Gasteiger partial charge < -0.3 is 10.1 Å². The summed E-state index contributed by atoms with van der Waals surface area (Å²) in [4.78, 5) is 0. The minimum Gasteiger partial charge on any atom is -0.383 e. The van der Waals surface area contributed by atoms with E-state index in [2.05, 4.69) is 30.3 Å². The van der Waals surface area contributed by atoms with E-state index in [1.165, 1.54) is 5.69 Å². The quantitative estimate of drug-likeness (QED) is 0.720. The number of methoxy groups -OCH3 is 1. The number of nitrogens with zero attached hydrogens (tertiary/aromatic N) is 2. The van der Waals surface area contributed by atoms with Gasteiger partial charge in [0.1, 0.15) is 0 Å². The van der Waals surface area contributed by atoms with Crippen LogP contribution in [-0.4, -0.2) is 36.6 Å². The van der Waals surface area contributed by atoms with E-state index < -0.39 is 0 Å². The average Bonchev–Trinajstić information content (AvgIpc) is 2.63. The highest BCUT2D eigenvalue weighted by molar-refractivity contribution is 5.10. The largest absolute Gasteiger partial charge is 0.383 e. The van der Waals surface area contributed by atoms with E-state index in [9.17, 15) is 0 Å². The zero-order valence-electron chi connectivity index (χ0n) is 12.4. The molecule has 0 spiro atoms. The summed E-state index contributed by atoms with van der Waals surface area (Å²) in [6.07, 6.45) is 2.21. The molecule has 1 N–H and O–H groups in total. The maximum atomic E-state index is 5.05. The average molecular weight is 253 g/mol. The van der Waals surface area contributed by atoms with Crippen LogP contribution in [-0.2, 0) is 18.2 Å². The molecule has 0 amide bonds. The Morgan fingerprint density at radius 2 is 2.22 bits per heavy atom. The molecule has 4 heteroatoms. The normalized spacial score (nSPS) is 14.7. The first-order valence-electron chi connectivity index (χ1n) is 6.70. The fourth-order valence-corrected chi connectivity index (χ4v) is 2.14. The number of aryl methyl sites for hydroxylation is 2. The third-order valence-corrected chi connectivity index (χ3v) is 3.60. The van der Waals surface area contributed by atoms with Crippen LogP contribution >= 0.6 is 0 Å². The van der Waals surface area contributed by atoms with Gasteiger partial charge in [0.2, 0.25) is 0 Å². The molecule has 1 aromatic heterocycles. The molecule has 1 unspecified atom stereocenters. The van der Waals surface area contributed by atoms with E-state index in [0.717, 1.165) is 38.2 Å². The molecular weight excluding hydrogens is 226 g/mol. The van der Waals surface area contributed by atoms with Gasteiger partial charge in [0, 0.05) is 32.9 Å². The molecule has 0 bridgehead atoms. The van der Waals surface area contributed by atoms with Crippen molar-refractivity contribution in [2.45, 2.75) is 33.6 Å². The van der Waals surface area contributed by atoms with Crippen LogP contribution in [0.25, 0.3) is 0 Å². The summed E-state index contributed by atoms with van der Waals surface area (Å²) in [5.41, 5.74) is 2.68. The Kier molecular flexibility index (Phi) is 5.82. The molecule has 1 rings (SSSR count). The fourth-order valence-electron chi connectivity index (χ4n) is 2.14. The summed E-state index contributed by atoms with van der Waals surface area (Å²) in [5.74, 6) is 0. The molecule has 4 nitrogen and oxygen atoms in total. The molecule has 0 aliphatic rings. The summed E-state index contributed by atoms with van der Waals surface area (Å²) in [6, 6.07) is 2.18.